The number of fused-ring (bicyclic) bond motifs is 2. The lowest BCUT2D eigenvalue weighted by molar-refractivity contribution is 0.0970. The summed E-state index contributed by atoms with van der Waals surface area (Å²) in [5, 5.41) is 0.0816. The number of aromatic nitrogens is 1. The fourth-order valence-electron chi connectivity index (χ4n) is 3.91. The maximum atomic E-state index is 13.9. The summed E-state index contributed by atoms with van der Waals surface area (Å²) in [6, 6.07) is 13.5. The molecule has 7 heteroatoms. The molecular formula is C24H17FN2O4. The molecule has 0 radical (unpaired) electrons. The van der Waals surface area contributed by atoms with E-state index in [-0.39, 0.29) is 22.3 Å². The Balaban J connectivity index is 1.82. The predicted octanol–water partition coefficient (Wildman–Crippen LogP) is 4.39. The first kappa shape index (κ1) is 19.0. The minimum atomic E-state index is -0.795. The van der Waals surface area contributed by atoms with Crippen LogP contribution in [0.15, 0.2) is 70.0 Å². The number of nitrogens with zero attached hydrogens (tertiary/aromatic N) is 2. The highest BCUT2D eigenvalue weighted by molar-refractivity contribution is 6.10. The predicted molar refractivity (Wildman–Crippen MR) is 113 cm³/mol. The number of carbonyl (C=O) groups excluding carboxylic acids is 1. The summed E-state index contributed by atoms with van der Waals surface area (Å²) in [7, 11) is 1.54. The van der Waals surface area contributed by atoms with Crippen molar-refractivity contribution < 1.29 is 18.3 Å². The lowest BCUT2D eigenvalue weighted by Crippen LogP contribution is -2.30. The van der Waals surface area contributed by atoms with Gasteiger partial charge in [0, 0.05) is 6.20 Å². The molecule has 31 heavy (non-hydrogen) atoms. The Bertz CT molecular complexity index is 1400. The van der Waals surface area contributed by atoms with Crippen LogP contribution in [0.5, 0.6) is 5.75 Å². The fourth-order valence-corrected chi connectivity index (χ4v) is 3.91. The van der Waals surface area contributed by atoms with Gasteiger partial charge in [-0.1, -0.05) is 18.2 Å². The van der Waals surface area contributed by atoms with E-state index in [2.05, 4.69) is 4.98 Å². The van der Waals surface area contributed by atoms with Crippen LogP contribution in [0.25, 0.3) is 11.0 Å². The number of anilines is 1. The van der Waals surface area contributed by atoms with Crippen LogP contribution >= 0.6 is 0 Å². The molecule has 0 saturated heterocycles. The first-order chi connectivity index (χ1) is 15.0. The number of aryl methyl sites for hydroxylation is 1. The Morgan fingerprint density at radius 3 is 2.68 bits per heavy atom. The quantitative estimate of drug-likeness (QED) is 0.495. The molecule has 0 N–H and O–H groups in total. The average Bonchev–Trinajstić information content (AvgIpc) is 3.07. The molecule has 154 valence electrons. The van der Waals surface area contributed by atoms with E-state index >= 15 is 0 Å². The molecule has 1 aliphatic rings. The van der Waals surface area contributed by atoms with Crippen molar-refractivity contribution in [3.63, 3.8) is 0 Å². The number of methoxy groups -OCH3 is 1. The summed E-state index contributed by atoms with van der Waals surface area (Å²) in [5.41, 5.74) is 1.44. The Morgan fingerprint density at radius 1 is 1.10 bits per heavy atom. The number of ether oxygens (including phenoxy) is 1. The van der Waals surface area contributed by atoms with Crippen molar-refractivity contribution in [2.24, 2.45) is 0 Å². The van der Waals surface area contributed by atoms with E-state index < -0.39 is 23.2 Å². The van der Waals surface area contributed by atoms with E-state index in [4.69, 9.17) is 9.15 Å². The highest BCUT2D eigenvalue weighted by Gasteiger charge is 2.44. The van der Waals surface area contributed by atoms with E-state index in [1.807, 2.05) is 13.0 Å². The van der Waals surface area contributed by atoms with Crippen molar-refractivity contribution in [3.8, 4) is 5.75 Å². The molecule has 0 spiro atoms. The molecule has 1 atom stereocenters. The molecule has 2 aromatic carbocycles. The highest BCUT2D eigenvalue weighted by Crippen LogP contribution is 2.41. The monoisotopic (exact) mass is 416 g/mol. The number of hydrogen-bond acceptors (Lipinski definition) is 5. The topological polar surface area (TPSA) is 72.6 Å². The zero-order valence-corrected chi connectivity index (χ0v) is 16.8. The standard InChI is InChI=1S/C24H17FN2O4/c1-13-6-9-19(26-12-13)27-21(14-4-3-5-16(10-14)30-2)20-22(28)17-11-15(25)7-8-18(17)31-23(20)24(27)29/h3-12,21H,1-2H3. The van der Waals surface area contributed by atoms with Gasteiger partial charge < -0.3 is 9.15 Å². The second-order valence-corrected chi connectivity index (χ2v) is 7.36. The van der Waals surface area contributed by atoms with E-state index in [1.54, 1.807) is 36.5 Å². The van der Waals surface area contributed by atoms with E-state index in [0.29, 0.717) is 17.1 Å². The smallest absolute Gasteiger partial charge is 0.296 e. The molecular weight excluding hydrogens is 399 g/mol. The summed E-state index contributed by atoms with van der Waals surface area (Å²) in [6.45, 7) is 1.89. The first-order valence-corrected chi connectivity index (χ1v) is 9.64. The van der Waals surface area contributed by atoms with Gasteiger partial charge in [0.25, 0.3) is 5.91 Å². The SMILES string of the molecule is COc1cccc(C2c3c(oc4ccc(F)cc4c3=O)C(=O)N2c2ccc(C)cn2)c1. The van der Waals surface area contributed by atoms with Gasteiger partial charge in [-0.25, -0.2) is 9.37 Å². The van der Waals surface area contributed by atoms with Crippen LogP contribution < -0.4 is 15.1 Å². The van der Waals surface area contributed by atoms with Crippen LogP contribution in [0, 0.1) is 12.7 Å². The summed E-state index contributed by atoms with van der Waals surface area (Å²) >= 11 is 0. The second kappa shape index (κ2) is 7.05. The Labute approximate surface area is 176 Å². The van der Waals surface area contributed by atoms with Gasteiger partial charge in [-0.15, -0.1) is 0 Å². The van der Waals surface area contributed by atoms with Gasteiger partial charge in [0.2, 0.25) is 5.76 Å². The Hall–Kier alpha value is -4.00. The van der Waals surface area contributed by atoms with Crippen molar-refractivity contribution >= 4 is 22.7 Å². The molecule has 1 unspecified atom stereocenters. The third-order valence-electron chi connectivity index (χ3n) is 5.38. The molecule has 3 heterocycles. The number of hydrogen-bond donors (Lipinski definition) is 0. The second-order valence-electron chi connectivity index (χ2n) is 7.36. The molecule has 0 fully saturated rings. The van der Waals surface area contributed by atoms with Crippen molar-refractivity contribution in [2.75, 3.05) is 12.0 Å². The van der Waals surface area contributed by atoms with Crippen LogP contribution in [-0.2, 0) is 0 Å². The first-order valence-electron chi connectivity index (χ1n) is 9.64. The molecule has 0 aliphatic carbocycles. The average molecular weight is 416 g/mol. The van der Waals surface area contributed by atoms with E-state index in [9.17, 15) is 14.0 Å². The van der Waals surface area contributed by atoms with Crippen LogP contribution in [-0.4, -0.2) is 18.0 Å². The number of carbonyl (C=O) groups is 1. The van der Waals surface area contributed by atoms with Crippen molar-refractivity contribution in [1.29, 1.82) is 0 Å². The zero-order chi connectivity index (χ0) is 21.7. The molecule has 0 bridgehead atoms. The summed E-state index contributed by atoms with van der Waals surface area (Å²) < 4.78 is 25.0. The molecule has 4 aromatic rings. The Morgan fingerprint density at radius 2 is 1.94 bits per heavy atom. The van der Waals surface area contributed by atoms with Gasteiger partial charge in [0.15, 0.2) is 5.43 Å². The van der Waals surface area contributed by atoms with Gasteiger partial charge in [-0.2, -0.15) is 0 Å². The normalized spacial score (nSPS) is 15.4. The molecule has 1 aliphatic heterocycles. The minimum Gasteiger partial charge on any atom is -0.497 e. The van der Waals surface area contributed by atoms with E-state index in [0.717, 1.165) is 11.6 Å². The number of amides is 1. The van der Waals surface area contributed by atoms with Gasteiger partial charge in [0.1, 0.15) is 23.0 Å². The molecule has 5 rings (SSSR count). The number of halogens is 1. The van der Waals surface area contributed by atoms with Gasteiger partial charge in [-0.3, -0.25) is 14.5 Å². The Kier molecular flexibility index (Phi) is 4.32. The van der Waals surface area contributed by atoms with Crippen LogP contribution in [0.3, 0.4) is 0 Å². The number of rotatable bonds is 3. The largest absolute Gasteiger partial charge is 0.497 e. The third kappa shape index (κ3) is 2.97. The summed E-state index contributed by atoms with van der Waals surface area (Å²) in [4.78, 5) is 32.7. The van der Waals surface area contributed by atoms with Crippen molar-refractivity contribution in [1.82, 2.24) is 4.98 Å². The summed E-state index contributed by atoms with van der Waals surface area (Å²) in [5.74, 6) is -0.156. The maximum absolute atomic E-state index is 13.9. The number of pyridine rings is 1. The van der Waals surface area contributed by atoms with Crippen LogP contribution in [0.1, 0.15) is 33.3 Å². The maximum Gasteiger partial charge on any atom is 0.296 e. The highest BCUT2D eigenvalue weighted by atomic mass is 19.1. The molecule has 0 saturated carbocycles. The van der Waals surface area contributed by atoms with Gasteiger partial charge in [-0.05, 0) is 54.4 Å². The van der Waals surface area contributed by atoms with E-state index in [1.165, 1.54) is 24.1 Å². The number of benzene rings is 2. The molecule has 6 nitrogen and oxygen atoms in total. The minimum absolute atomic E-state index is 0.0701. The lowest BCUT2D eigenvalue weighted by atomic mass is 9.98. The fraction of sp³-hybridized carbons (Fsp3) is 0.125. The van der Waals surface area contributed by atoms with Crippen molar-refractivity contribution in [2.45, 2.75) is 13.0 Å². The van der Waals surface area contributed by atoms with Gasteiger partial charge >= 0.3 is 0 Å². The molecule has 1 amide bonds. The van der Waals surface area contributed by atoms with Crippen LogP contribution in [0.2, 0.25) is 0 Å². The molecule has 2 aromatic heterocycles. The lowest BCUT2D eigenvalue weighted by Gasteiger charge is -2.24. The third-order valence-corrected chi connectivity index (χ3v) is 5.38. The van der Waals surface area contributed by atoms with Gasteiger partial charge in [0.05, 0.1) is 24.1 Å². The zero-order valence-electron chi connectivity index (χ0n) is 16.8. The van der Waals surface area contributed by atoms with Crippen molar-refractivity contribution in [3.05, 3.63) is 99.3 Å². The van der Waals surface area contributed by atoms with Crippen LogP contribution in [0.4, 0.5) is 10.2 Å². The summed E-state index contributed by atoms with van der Waals surface area (Å²) in [6.07, 6.45) is 1.65.